The van der Waals surface area contributed by atoms with E-state index in [1.54, 1.807) is 0 Å². The van der Waals surface area contributed by atoms with Crippen LogP contribution in [-0.4, -0.2) is 21.8 Å². The van der Waals surface area contributed by atoms with Gasteiger partial charge in [0.2, 0.25) is 0 Å². The van der Waals surface area contributed by atoms with Crippen molar-refractivity contribution in [2.75, 3.05) is 6.54 Å². The van der Waals surface area contributed by atoms with Crippen molar-refractivity contribution in [3.05, 3.63) is 17.5 Å². The van der Waals surface area contributed by atoms with E-state index in [0.29, 0.717) is 6.04 Å². The van der Waals surface area contributed by atoms with Crippen molar-refractivity contribution in [2.24, 2.45) is 0 Å². The molecule has 1 unspecified atom stereocenters. The highest BCUT2D eigenvalue weighted by Gasteiger charge is 2.18. The monoisotopic (exact) mass is 167 g/mol. The first-order valence-corrected chi connectivity index (χ1v) is 4.28. The van der Waals surface area contributed by atoms with Gasteiger partial charge in [0.1, 0.15) is 0 Å². The third-order valence-electron chi connectivity index (χ3n) is 2.24. The van der Waals surface area contributed by atoms with E-state index in [4.69, 9.17) is 5.11 Å². The summed E-state index contributed by atoms with van der Waals surface area (Å²) in [5, 5.41) is 19.1. The first kappa shape index (κ1) is 7.76. The molecule has 1 aromatic rings. The lowest BCUT2D eigenvalue weighted by Crippen LogP contribution is -2.12. The van der Waals surface area contributed by atoms with Crippen molar-refractivity contribution in [1.82, 2.24) is 15.5 Å². The average molecular weight is 167 g/mol. The Kier molecular flexibility index (Phi) is 2.10. The predicted octanol–water partition coefficient (Wildman–Crippen LogP) is 0.326. The topological polar surface area (TPSA) is 60.9 Å². The summed E-state index contributed by atoms with van der Waals surface area (Å²) in [6.07, 6.45) is 2.36. The number of aliphatic hydroxyl groups excluding tert-OH is 1. The quantitative estimate of drug-likeness (QED) is 0.594. The third kappa shape index (κ3) is 1.35. The number of aliphatic hydroxyl groups is 1. The zero-order valence-electron chi connectivity index (χ0n) is 6.88. The normalized spacial score (nSPS) is 23.2. The fourth-order valence-corrected chi connectivity index (χ4v) is 1.58. The molecule has 0 bridgehead atoms. The van der Waals surface area contributed by atoms with Gasteiger partial charge < -0.3 is 10.4 Å². The van der Waals surface area contributed by atoms with Crippen molar-refractivity contribution in [3.8, 4) is 0 Å². The highest BCUT2D eigenvalue weighted by molar-refractivity contribution is 5.12. The Morgan fingerprint density at radius 1 is 1.67 bits per heavy atom. The molecule has 12 heavy (non-hydrogen) atoms. The molecule has 1 aliphatic heterocycles. The minimum absolute atomic E-state index is 0.0414. The SMILES string of the molecule is OCc1cc(C2CCCN2)n[nH]1. The maximum absolute atomic E-state index is 8.80. The number of aromatic amines is 1. The second-order valence-corrected chi connectivity index (χ2v) is 3.13. The second-order valence-electron chi connectivity index (χ2n) is 3.13. The number of H-pyrrole nitrogens is 1. The molecule has 3 N–H and O–H groups in total. The minimum atomic E-state index is 0.0414. The van der Waals surface area contributed by atoms with Gasteiger partial charge in [0.05, 0.1) is 24.0 Å². The zero-order chi connectivity index (χ0) is 8.39. The summed E-state index contributed by atoms with van der Waals surface area (Å²) in [4.78, 5) is 0. The molecule has 0 amide bonds. The van der Waals surface area contributed by atoms with Crippen molar-refractivity contribution in [3.63, 3.8) is 0 Å². The Bertz CT molecular complexity index is 253. The Balaban J connectivity index is 2.11. The van der Waals surface area contributed by atoms with E-state index in [1.165, 1.54) is 6.42 Å². The van der Waals surface area contributed by atoms with Gasteiger partial charge in [0, 0.05) is 0 Å². The second kappa shape index (κ2) is 3.25. The summed E-state index contributed by atoms with van der Waals surface area (Å²) in [5.74, 6) is 0. The van der Waals surface area contributed by atoms with Crippen LogP contribution in [0.4, 0.5) is 0 Å². The van der Waals surface area contributed by atoms with Crippen molar-refractivity contribution in [1.29, 1.82) is 0 Å². The number of hydrogen-bond donors (Lipinski definition) is 3. The van der Waals surface area contributed by atoms with Gasteiger partial charge in [-0.05, 0) is 25.5 Å². The number of aromatic nitrogens is 2. The van der Waals surface area contributed by atoms with E-state index in [-0.39, 0.29) is 6.61 Å². The molecule has 4 heteroatoms. The predicted molar refractivity (Wildman–Crippen MR) is 44.5 cm³/mol. The number of nitrogens with zero attached hydrogens (tertiary/aromatic N) is 1. The van der Waals surface area contributed by atoms with Gasteiger partial charge in [-0.2, -0.15) is 5.10 Å². The van der Waals surface area contributed by atoms with Gasteiger partial charge in [-0.15, -0.1) is 0 Å². The molecule has 1 aromatic heterocycles. The standard InChI is InChI=1S/C8H13N3O/c12-5-6-4-8(11-10-6)7-2-1-3-9-7/h4,7,9,12H,1-3,5H2,(H,10,11). The summed E-state index contributed by atoms with van der Waals surface area (Å²) >= 11 is 0. The van der Waals surface area contributed by atoms with Gasteiger partial charge in [0.15, 0.2) is 0 Å². The largest absolute Gasteiger partial charge is 0.390 e. The van der Waals surface area contributed by atoms with Crippen molar-refractivity contribution >= 4 is 0 Å². The molecular formula is C8H13N3O. The fraction of sp³-hybridized carbons (Fsp3) is 0.625. The summed E-state index contributed by atoms with van der Waals surface area (Å²) in [6, 6.07) is 2.31. The van der Waals surface area contributed by atoms with Crippen LogP contribution in [0.2, 0.25) is 0 Å². The molecule has 4 nitrogen and oxygen atoms in total. The molecule has 0 aromatic carbocycles. The molecular weight excluding hydrogens is 154 g/mol. The van der Waals surface area contributed by atoms with Crippen LogP contribution < -0.4 is 5.32 Å². The summed E-state index contributed by atoms with van der Waals surface area (Å²) in [7, 11) is 0. The smallest absolute Gasteiger partial charge is 0.0847 e. The van der Waals surface area contributed by atoms with Crippen LogP contribution in [-0.2, 0) is 6.61 Å². The Morgan fingerprint density at radius 2 is 2.58 bits per heavy atom. The summed E-state index contributed by atoms with van der Waals surface area (Å²) < 4.78 is 0. The molecule has 0 spiro atoms. The van der Waals surface area contributed by atoms with Crippen LogP contribution in [0, 0.1) is 0 Å². The highest BCUT2D eigenvalue weighted by Crippen LogP contribution is 2.21. The molecule has 2 rings (SSSR count). The van der Waals surface area contributed by atoms with Crippen LogP contribution in [0.3, 0.4) is 0 Å². The highest BCUT2D eigenvalue weighted by atomic mass is 16.3. The maximum atomic E-state index is 8.80. The van der Waals surface area contributed by atoms with E-state index in [1.807, 2.05) is 6.07 Å². The Hall–Kier alpha value is -0.870. The number of nitrogens with one attached hydrogen (secondary N) is 2. The van der Waals surface area contributed by atoms with E-state index >= 15 is 0 Å². The summed E-state index contributed by atoms with van der Waals surface area (Å²) in [6.45, 7) is 1.12. The van der Waals surface area contributed by atoms with E-state index in [9.17, 15) is 0 Å². The van der Waals surface area contributed by atoms with E-state index < -0.39 is 0 Å². The molecule has 1 atom stereocenters. The molecule has 0 aliphatic carbocycles. The van der Waals surface area contributed by atoms with Gasteiger partial charge in [-0.1, -0.05) is 0 Å². The first-order valence-electron chi connectivity index (χ1n) is 4.28. The van der Waals surface area contributed by atoms with Crippen molar-refractivity contribution in [2.45, 2.75) is 25.5 Å². The van der Waals surface area contributed by atoms with Crippen LogP contribution in [0.1, 0.15) is 30.3 Å². The third-order valence-corrected chi connectivity index (χ3v) is 2.24. The molecule has 66 valence electrons. The molecule has 2 heterocycles. The lowest BCUT2D eigenvalue weighted by Gasteiger charge is -2.03. The molecule has 0 saturated carbocycles. The molecule has 1 saturated heterocycles. The van der Waals surface area contributed by atoms with Crippen LogP contribution in [0.15, 0.2) is 6.07 Å². The maximum Gasteiger partial charge on any atom is 0.0847 e. The number of rotatable bonds is 2. The van der Waals surface area contributed by atoms with E-state index in [2.05, 4.69) is 15.5 Å². The average Bonchev–Trinajstić information content (AvgIpc) is 2.75. The van der Waals surface area contributed by atoms with Gasteiger partial charge in [0.25, 0.3) is 0 Å². The van der Waals surface area contributed by atoms with Gasteiger partial charge >= 0.3 is 0 Å². The van der Waals surface area contributed by atoms with Gasteiger partial charge in [-0.25, -0.2) is 0 Å². The van der Waals surface area contributed by atoms with Gasteiger partial charge in [-0.3, -0.25) is 5.10 Å². The lowest BCUT2D eigenvalue weighted by molar-refractivity contribution is 0.276. The first-order chi connectivity index (χ1) is 5.90. The fourth-order valence-electron chi connectivity index (χ4n) is 1.58. The van der Waals surface area contributed by atoms with Crippen LogP contribution in [0.25, 0.3) is 0 Å². The van der Waals surface area contributed by atoms with Crippen LogP contribution >= 0.6 is 0 Å². The number of hydrogen-bond acceptors (Lipinski definition) is 3. The molecule has 0 radical (unpaired) electrons. The zero-order valence-corrected chi connectivity index (χ0v) is 6.88. The lowest BCUT2D eigenvalue weighted by atomic mass is 10.1. The Morgan fingerprint density at radius 3 is 3.17 bits per heavy atom. The minimum Gasteiger partial charge on any atom is -0.390 e. The molecule has 1 fully saturated rings. The Labute approximate surface area is 71.0 Å². The van der Waals surface area contributed by atoms with Crippen molar-refractivity contribution < 1.29 is 5.11 Å². The van der Waals surface area contributed by atoms with E-state index in [0.717, 1.165) is 24.4 Å². The van der Waals surface area contributed by atoms with Crippen LogP contribution in [0.5, 0.6) is 0 Å². The summed E-state index contributed by atoms with van der Waals surface area (Å²) in [5.41, 5.74) is 1.82. The molecule has 1 aliphatic rings.